The fraction of sp³-hybridized carbons (Fsp3) is 0.455. The molecule has 2 aromatic heterocycles. The second-order valence-corrected chi connectivity index (χ2v) is 8.05. The second-order valence-electron chi connectivity index (χ2n) is 8.05. The van der Waals surface area contributed by atoms with Crippen molar-refractivity contribution in [3.63, 3.8) is 0 Å². The van der Waals surface area contributed by atoms with Gasteiger partial charge in [0.05, 0.1) is 17.6 Å². The Bertz CT molecular complexity index is 1150. The van der Waals surface area contributed by atoms with Crippen LogP contribution in [0.25, 0.3) is 10.9 Å². The number of amides is 1. The van der Waals surface area contributed by atoms with Crippen molar-refractivity contribution < 1.29 is 9.32 Å². The minimum Gasteiger partial charge on any atom is -0.365 e. The molecule has 0 spiro atoms. The van der Waals surface area contributed by atoms with Crippen LogP contribution in [0.15, 0.2) is 33.6 Å². The van der Waals surface area contributed by atoms with Crippen LogP contribution < -0.4 is 10.5 Å². The molecule has 3 aromatic rings. The minimum atomic E-state index is -0.321. The molecule has 1 unspecified atom stereocenters. The normalized spacial score (nSPS) is 17.0. The Kier molecular flexibility index (Phi) is 5.32. The van der Waals surface area contributed by atoms with Crippen molar-refractivity contribution >= 4 is 22.5 Å². The Morgan fingerprint density at radius 2 is 2.03 bits per heavy atom. The first-order valence-corrected chi connectivity index (χ1v) is 10.3. The average Bonchev–Trinajstić information content (AvgIpc) is 3.11. The average molecular weight is 409 g/mol. The molecule has 8 heteroatoms. The van der Waals surface area contributed by atoms with Crippen LogP contribution in [0, 0.1) is 20.8 Å². The van der Waals surface area contributed by atoms with Crippen LogP contribution in [-0.2, 0) is 11.3 Å². The molecule has 1 fully saturated rings. The van der Waals surface area contributed by atoms with E-state index in [0.717, 1.165) is 6.54 Å². The zero-order valence-electron chi connectivity index (χ0n) is 17.9. The molecule has 158 valence electrons. The van der Waals surface area contributed by atoms with Crippen molar-refractivity contribution in [2.24, 2.45) is 0 Å². The first-order chi connectivity index (χ1) is 14.3. The number of hydrogen-bond donors (Lipinski definition) is 0. The number of aryl methyl sites for hydroxylation is 4. The Morgan fingerprint density at radius 1 is 1.23 bits per heavy atom. The number of nitrogens with zero attached hydrogens (tertiary/aromatic N) is 5. The van der Waals surface area contributed by atoms with Gasteiger partial charge in [0.25, 0.3) is 5.56 Å². The number of aromatic nitrogens is 3. The highest BCUT2D eigenvalue weighted by Gasteiger charge is 2.27. The van der Waals surface area contributed by atoms with E-state index in [1.807, 2.05) is 11.8 Å². The lowest BCUT2D eigenvalue weighted by atomic mass is 10.1. The van der Waals surface area contributed by atoms with E-state index in [4.69, 9.17) is 4.52 Å². The highest BCUT2D eigenvalue weighted by molar-refractivity contribution is 5.81. The lowest BCUT2D eigenvalue weighted by Crippen LogP contribution is -2.54. The van der Waals surface area contributed by atoms with Crippen molar-refractivity contribution in [2.75, 3.05) is 24.5 Å². The Hall–Kier alpha value is -3.16. The molecule has 8 nitrogen and oxygen atoms in total. The minimum absolute atomic E-state index is 0.0357. The zero-order valence-corrected chi connectivity index (χ0v) is 17.9. The maximum atomic E-state index is 12.8. The topological polar surface area (TPSA) is 84.5 Å². The number of rotatable bonds is 4. The first kappa shape index (κ1) is 20.1. The van der Waals surface area contributed by atoms with Gasteiger partial charge in [-0.1, -0.05) is 17.3 Å². The van der Waals surface area contributed by atoms with E-state index in [9.17, 15) is 9.59 Å². The zero-order chi connectivity index (χ0) is 21.4. The van der Waals surface area contributed by atoms with Gasteiger partial charge < -0.3 is 14.3 Å². The summed E-state index contributed by atoms with van der Waals surface area (Å²) in [6.45, 7) is 10.1. The molecule has 1 saturated heterocycles. The van der Waals surface area contributed by atoms with Crippen molar-refractivity contribution in [3.8, 4) is 0 Å². The number of anilines is 1. The van der Waals surface area contributed by atoms with E-state index in [1.165, 1.54) is 15.9 Å². The molecule has 1 aromatic carbocycles. The van der Waals surface area contributed by atoms with E-state index in [2.05, 4.69) is 53.3 Å². The van der Waals surface area contributed by atoms with E-state index < -0.39 is 0 Å². The molecule has 0 bridgehead atoms. The summed E-state index contributed by atoms with van der Waals surface area (Å²) in [4.78, 5) is 29.6. The van der Waals surface area contributed by atoms with E-state index in [-0.39, 0.29) is 36.0 Å². The molecule has 1 amide bonds. The van der Waals surface area contributed by atoms with E-state index in [0.29, 0.717) is 29.9 Å². The summed E-state index contributed by atoms with van der Waals surface area (Å²) in [7, 11) is 0. The number of hydrogen-bond acceptors (Lipinski definition) is 6. The fourth-order valence-electron chi connectivity index (χ4n) is 4.23. The summed E-state index contributed by atoms with van der Waals surface area (Å²) in [5.74, 6) is 0.615. The Labute approximate surface area is 175 Å². The molecule has 3 heterocycles. The molecular formula is C22H27N5O3. The first-order valence-electron chi connectivity index (χ1n) is 10.3. The van der Waals surface area contributed by atoms with Crippen LogP contribution in [0.3, 0.4) is 0 Å². The molecule has 0 N–H and O–H groups in total. The van der Waals surface area contributed by atoms with Gasteiger partial charge in [0.1, 0.15) is 5.76 Å². The number of carbonyl (C=O) groups excluding carboxylic acids is 1. The second kappa shape index (κ2) is 7.93. The van der Waals surface area contributed by atoms with Crippen molar-refractivity contribution in [1.29, 1.82) is 0 Å². The van der Waals surface area contributed by atoms with Crippen LogP contribution in [-0.4, -0.2) is 51.4 Å². The third kappa shape index (κ3) is 3.69. The molecule has 0 saturated carbocycles. The summed E-state index contributed by atoms with van der Waals surface area (Å²) in [5.41, 5.74) is 3.05. The van der Waals surface area contributed by atoms with E-state index in [1.54, 1.807) is 6.92 Å². The summed E-state index contributed by atoms with van der Waals surface area (Å²) < 4.78 is 6.46. The molecule has 0 aliphatic carbocycles. The quantitative estimate of drug-likeness (QED) is 0.658. The van der Waals surface area contributed by atoms with Gasteiger partial charge in [-0.3, -0.25) is 9.59 Å². The summed E-state index contributed by atoms with van der Waals surface area (Å²) in [6.07, 6.45) is 0.228. The summed E-state index contributed by atoms with van der Waals surface area (Å²) >= 11 is 0. The van der Waals surface area contributed by atoms with Gasteiger partial charge >= 0.3 is 0 Å². The molecule has 1 aliphatic heterocycles. The summed E-state index contributed by atoms with van der Waals surface area (Å²) in [6, 6.07) is 8.67. The van der Waals surface area contributed by atoms with Crippen LogP contribution >= 0.6 is 0 Å². The summed E-state index contributed by atoms with van der Waals surface area (Å²) in [5, 5.41) is 8.87. The molecule has 30 heavy (non-hydrogen) atoms. The van der Waals surface area contributed by atoms with Crippen molar-refractivity contribution in [2.45, 2.75) is 46.7 Å². The van der Waals surface area contributed by atoms with Gasteiger partial charge in [-0.25, -0.2) is 4.68 Å². The Morgan fingerprint density at radius 3 is 2.77 bits per heavy atom. The predicted octanol–water partition coefficient (Wildman–Crippen LogP) is 2.44. The maximum Gasteiger partial charge on any atom is 0.296 e. The molecular weight excluding hydrogens is 382 g/mol. The standard InChI is InChI=1S/C22H27N5O3/c1-14-6-5-7-18(12-14)26-11-10-25(13-15(26)2)19(28)8-9-27-22(29)21-20(16(3)23-27)17(4)30-24-21/h5-7,12,15H,8-11,13H2,1-4H3. The van der Waals surface area contributed by atoms with Gasteiger partial charge in [0.15, 0.2) is 5.52 Å². The highest BCUT2D eigenvalue weighted by atomic mass is 16.5. The van der Waals surface area contributed by atoms with Gasteiger partial charge in [-0.05, 0) is 45.4 Å². The van der Waals surface area contributed by atoms with Gasteiger partial charge in [-0.15, -0.1) is 0 Å². The molecule has 1 atom stereocenters. The lowest BCUT2D eigenvalue weighted by molar-refractivity contribution is -0.132. The van der Waals surface area contributed by atoms with Crippen molar-refractivity contribution in [3.05, 3.63) is 51.6 Å². The van der Waals surface area contributed by atoms with Crippen LogP contribution in [0.2, 0.25) is 0 Å². The van der Waals surface area contributed by atoms with Gasteiger partial charge in [0, 0.05) is 37.8 Å². The van der Waals surface area contributed by atoms with Crippen LogP contribution in [0.5, 0.6) is 0 Å². The number of benzene rings is 1. The molecule has 0 radical (unpaired) electrons. The van der Waals surface area contributed by atoms with Crippen molar-refractivity contribution in [1.82, 2.24) is 19.8 Å². The maximum absolute atomic E-state index is 12.8. The number of piperazine rings is 1. The number of fused-ring (bicyclic) bond motifs is 1. The smallest absolute Gasteiger partial charge is 0.296 e. The van der Waals surface area contributed by atoms with E-state index >= 15 is 0 Å². The van der Waals surface area contributed by atoms with Crippen LogP contribution in [0.4, 0.5) is 5.69 Å². The fourth-order valence-corrected chi connectivity index (χ4v) is 4.23. The predicted molar refractivity (Wildman–Crippen MR) is 115 cm³/mol. The lowest BCUT2D eigenvalue weighted by Gasteiger charge is -2.41. The third-order valence-corrected chi connectivity index (χ3v) is 5.78. The molecule has 4 rings (SSSR count). The monoisotopic (exact) mass is 409 g/mol. The highest BCUT2D eigenvalue weighted by Crippen LogP contribution is 2.22. The SMILES string of the molecule is Cc1cccc(N2CCN(C(=O)CCn3nc(C)c4c(C)onc4c3=O)CC2C)c1. The van der Waals surface area contributed by atoms with Gasteiger partial charge in [0.2, 0.25) is 5.91 Å². The van der Waals surface area contributed by atoms with Gasteiger partial charge in [-0.2, -0.15) is 5.10 Å². The largest absolute Gasteiger partial charge is 0.365 e. The number of carbonyl (C=O) groups is 1. The third-order valence-electron chi connectivity index (χ3n) is 5.78. The Balaban J connectivity index is 1.41. The van der Waals surface area contributed by atoms with Crippen LogP contribution in [0.1, 0.15) is 30.4 Å². The molecule has 1 aliphatic rings.